The third-order valence-corrected chi connectivity index (χ3v) is 2.68. The molecule has 1 aromatic heterocycles. The van der Waals surface area contributed by atoms with E-state index < -0.39 is 0 Å². The second-order valence-corrected chi connectivity index (χ2v) is 3.33. The first kappa shape index (κ1) is 6.10. The number of thiophene rings is 1. The lowest BCUT2D eigenvalue weighted by Crippen LogP contribution is -2.07. The highest BCUT2D eigenvalue weighted by Crippen LogP contribution is 2.23. The summed E-state index contributed by atoms with van der Waals surface area (Å²) in [6, 6.07) is 0. The second kappa shape index (κ2) is 2.20. The van der Waals surface area contributed by atoms with Crippen LogP contribution in [0.5, 0.6) is 0 Å². The highest BCUT2D eigenvalue weighted by Gasteiger charge is 2.16. The van der Waals surface area contributed by atoms with E-state index in [4.69, 9.17) is 0 Å². The van der Waals surface area contributed by atoms with Gasteiger partial charge < -0.3 is 0 Å². The third-order valence-electron chi connectivity index (χ3n) is 1.89. The van der Waals surface area contributed by atoms with Crippen LogP contribution in [0.1, 0.15) is 28.8 Å². The molecule has 2 heteroatoms. The van der Waals surface area contributed by atoms with E-state index in [9.17, 15) is 4.79 Å². The van der Waals surface area contributed by atoms with E-state index in [0.717, 1.165) is 24.8 Å². The molecule has 0 atom stereocenters. The zero-order chi connectivity index (χ0) is 6.97. The quantitative estimate of drug-likeness (QED) is 0.557. The van der Waals surface area contributed by atoms with Crippen molar-refractivity contribution in [1.29, 1.82) is 0 Å². The maximum atomic E-state index is 11.2. The summed E-state index contributed by atoms with van der Waals surface area (Å²) in [5.41, 5.74) is 2.25. The molecule has 1 aliphatic carbocycles. The van der Waals surface area contributed by atoms with Crippen molar-refractivity contribution in [3.8, 4) is 0 Å². The Morgan fingerprint density at radius 2 is 2.20 bits per heavy atom. The molecule has 0 N–H and O–H groups in total. The van der Waals surface area contributed by atoms with Crippen molar-refractivity contribution in [3.63, 3.8) is 0 Å². The normalized spacial score (nSPS) is 17.0. The standard InChI is InChI=1S/C8H8OS/c9-8-3-1-2-6-4-10-5-7(6)8/h4-5H,1-3H2. The predicted octanol–water partition coefficient (Wildman–Crippen LogP) is 2.27. The zero-order valence-electron chi connectivity index (χ0n) is 5.59. The van der Waals surface area contributed by atoms with Gasteiger partial charge in [0.05, 0.1) is 0 Å². The van der Waals surface area contributed by atoms with Crippen LogP contribution in [-0.4, -0.2) is 5.78 Å². The average molecular weight is 152 g/mol. The molecule has 0 radical (unpaired) electrons. The number of ketones is 1. The number of aryl methyl sites for hydroxylation is 1. The minimum Gasteiger partial charge on any atom is -0.294 e. The summed E-state index contributed by atoms with van der Waals surface area (Å²) in [5, 5.41) is 4.06. The van der Waals surface area contributed by atoms with E-state index >= 15 is 0 Å². The average Bonchev–Trinajstić information content (AvgIpc) is 2.36. The van der Waals surface area contributed by atoms with Gasteiger partial charge in [0.15, 0.2) is 5.78 Å². The van der Waals surface area contributed by atoms with Crippen LogP contribution in [0.4, 0.5) is 0 Å². The van der Waals surface area contributed by atoms with Gasteiger partial charge in [0, 0.05) is 17.4 Å². The monoisotopic (exact) mass is 152 g/mol. The van der Waals surface area contributed by atoms with Crippen molar-refractivity contribution in [2.75, 3.05) is 0 Å². The highest BCUT2D eigenvalue weighted by molar-refractivity contribution is 7.08. The topological polar surface area (TPSA) is 17.1 Å². The van der Waals surface area contributed by atoms with E-state index in [2.05, 4.69) is 5.38 Å². The minimum absolute atomic E-state index is 0.336. The number of hydrogen-bond donors (Lipinski definition) is 0. The molecule has 10 heavy (non-hydrogen) atoms. The summed E-state index contributed by atoms with van der Waals surface area (Å²) in [6.07, 6.45) is 2.90. The Balaban J connectivity index is 2.50. The van der Waals surface area contributed by atoms with Crippen LogP contribution in [0.25, 0.3) is 0 Å². The van der Waals surface area contributed by atoms with Gasteiger partial charge in [-0.05, 0) is 23.8 Å². The van der Waals surface area contributed by atoms with Gasteiger partial charge in [0.25, 0.3) is 0 Å². The molecule has 2 rings (SSSR count). The van der Waals surface area contributed by atoms with Crippen molar-refractivity contribution in [3.05, 3.63) is 21.9 Å². The van der Waals surface area contributed by atoms with Gasteiger partial charge in [-0.2, -0.15) is 11.3 Å². The lowest BCUT2D eigenvalue weighted by molar-refractivity contribution is 0.0973. The van der Waals surface area contributed by atoms with Crippen LogP contribution < -0.4 is 0 Å². The SMILES string of the molecule is O=C1CCCc2cscc21. The number of carbonyl (C=O) groups excluding carboxylic acids is 1. The van der Waals surface area contributed by atoms with Crippen molar-refractivity contribution in [1.82, 2.24) is 0 Å². The molecule has 0 fully saturated rings. The van der Waals surface area contributed by atoms with E-state index in [1.165, 1.54) is 5.56 Å². The lowest BCUT2D eigenvalue weighted by Gasteiger charge is -2.08. The molecule has 1 aromatic rings. The maximum Gasteiger partial charge on any atom is 0.163 e. The van der Waals surface area contributed by atoms with E-state index in [1.54, 1.807) is 11.3 Å². The number of rotatable bonds is 0. The van der Waals surface area contributed by atoms with Gasteiger partial charge in [0.1, 0.15) is 0 Å². The predicted molar refractivity (Wildman–Crippen MR) is 41.6 cm³/mol. The Labute approximate surface area is 63.7 Å². The van der Waals surface area contributed by atoms with Crippen molar-refractivity contribution in [2.24, 2.45) is 0 Å². The Kier molecular flexibility index (Phi) is 1.34. The van der Waals surface area contributed by atoms with Crippen LogP contribution >= 0.6 is 11.3 Å². The molecule has 52 valence electrons. The second-order valence-electron chi connectivity index (χ2n) is 2.59. The number of Topliss-reactive ketones (excluding diaryl/α,β-unsaturated/α-hetero) is 1. The van der Waals surface area contributed by atoms with Crippen LogP contribution in [0.15, 0.2) is 10.8 Å². The first-order valence-electron chi connectivity index (χ1n) is 3.46. The number of hydrogen-bond acceptors (Lipinski definition) is 2. The van der Waals surface area contributed by atoms with Gasteiger partial charge in [-0.25, -0.2) is 0 Å². The number of carbonyl (C=O) groups is 1. The summed E-state index contributed by atoms with van der Waals surface area (Å²) in [6.45, 7) is 0. The summed E-state index contributed by atoms with van der Waals surface area (Å²) < 4.78 is 0. The van der Waals surface area contributed by atoms with E-state index in [0.29, 0.717) is 5.78 Å². The lowest BCUT2D eigenvalue weighted by atomic mass is 9.95. The fraction of sp³-hybridized carbons (Fsp3) is 0.375. The molecular formula is C8H8OS. The van der Waals surface area contributed by atoms with Gasteiger partial charge in [0.2, 0.25) is 0 Å². The van der Waals surface area contributed by atoms with Crippen LogP contribution in [0.2, 0.25) is 0 Å². The maximum absolute atomic E-state index is 11.2. The summed E-state index contributed by atoms with van der Waals surface area (Å²) in [7, 11) is 0. The molecular weight excluding hydrogens is 144 g/mol. The molecule has 0 amide bonds. The Morgan fingerprint density at radius 3 is 3.00 bits per heavy atom. The largest absolute Gasteiger partial charge is 0.294 e. The van der Waals surface area contributed by atoms with Crippen LogP contribution in [-0.2, 0) is 6.42 Å². The zero-order valence-corrected chi connectivity index (χ0v) is 6.41. The Hall–Kier alpha value is -0.630. The van der Waals surface area contributed by atoms with E-state index in [-0.39, 0.29) is 0 Å². The molecule has 0 aliphatic heterocycles. The molecule has 0 aromatic carbocycles. The fourth-order valence-electron chi connectivity index (χ4n) is 1.34. The third kappa shape index (κ3) is 0.797. The number of fused-ring (bicyclic) bond motifs is 1. The molecule has 1 aliphatic rings. The molecule has 0 saturated carbocycles. The Bertz CT molecular complexity index is 262. The molecule has 0 unspecified atom stereocenters. The summed E-state index contributed by atoms with van der Waals surface area (Å²) in [5.74, 6) is 0.336. The van der Waals surface area contributed by atoms with Crippen molar-refractivity contribution in [2.45, 2.75) is 19.3 Å². The molecule has 0 spiro atoms. The van der Waals surface area contributed by atoms with Gasteiger partial charge in [-0.1, -0.05) is 0 Å². The first-order valence-corrected chi connectivity index (χ1v) is 4.40. The van der Waals surface area contributed by atoms with Crippen molar-refractivity contribution < 1.29 is 4.79 Å². The highest BCUT2D eigenvalue weighted by atomic mass is 32.1. The fourth-order valence-corrected chi connectivity index (χ4v) is 2.23. The van der Waals surface area contributed by atoms with Gasteiger partial charge in [-0.3, -0.25) is 4.79 Å². The summed E-state index contributed by atoms with van der Waals surface area (Å²) >= 11 is 1.64. The Morgan fingerprint density at radius 1 is 1.30 bits per heavy atom. The van der Waals surface area contributed by atoms with Crippen molar-refractivity contribution >= 4 is 17.1 Å². The minimum atomic E-state index is 0.336. The molecule has 1 heterocycles. The smallest absolute Gasteiger partial charge is 0.163 e. The molecule has 1 nitrogen and oxygen atoms in total. The van der Waals surface area contributed by atoms with Crippen LogP contribution in [0.3, 0.4) is 0 Å². The van der Waals surface area contributed by atoms with Gasteiger partial charge in [-0.15, -0.1) is 0 Å². The molecule has 0 saturated heterocycles. The van der Waals surface area contributed by atoms with Gasteiger partial charge >= 0.3 is 0 Å². The summed E-state index contributed by atoms with van der Waals surface area (Å²) in [4.78, 5) is 11.2. The van der Waals surface area contributed by atoms with E-state index in [1.807, 2.05) is 5.38 Å². The molecule has 0 bridgehead atoms. The van der Waals surface area contributed by atoms with Crippen LogP contribution in [0, 0.1) is 0 Å². The first-order chi connectivity index (χ1) is 4.88.